The lowest BCUT2D eigenvalue weighted by molar-refractivity contribution is 0.354. The van der Waals surface area contributed by atoms with Crippen LogP contribution in [-0.2, 0) is 0 Å². The Morgan fingerprint density at radius 3 is 2.68 bits per heavy atom. The zero-order chi connectivity index (χ0) is 13.2. The first-order valence-electron chi connectivity index (χ1n) is 6.96. The number of hydrogen-bond acceptors (Lipinski definition) is 4. The highest BCUT2D eigenvalue weighted by Gasteiger charge is 2.23. The molecule has 1 fully saturated rings. The topological polar surface area (TPSA) is 55.0 Å². The predicted molar refractivity (Wildman–Crippen MR) is 78.1 cm³/mol. The monoisotopic (exact) mass is 256 g/mol. The van der Waals surface area contributed by atoms with Crippen molar-refractivity contribution in [2.24, 2.45) is 11.7 Å². The van der Waals surface area contributed by atoms with Gasteiger partial charge in [-0.2, -0.15) is 0 Å². The molecule has 2 aromatic rings. The van der Waals surface area contributed by atoms with E-state index in [1.807, 2.05) is 18.2 Å². The van der Waals surface area contributed by atoms with E-state index in [1.54, 1.807) is 6.33 Å². The Labute approximate surface area is 113 Å². The molecule has 1 unspecified atom stereocenters. The van der Waals surface area contributed by atoms with Crippen LogP contribution in [0.4, 0.5) is 5.82 Å². The Kier molecular flexibility index (Phi) is 3.34. The number of aromatic nitrogens is 2. The molecule has 100 valence electrons. The van der Waals surface area contributed by atoms with Gasteiger partial charge in [0.05, 0.1) is 5.52 Å². The molecule has 1 saturated heterocycles. The van der Waals surface area contributed by atoms with Crippen molar-refractivity contribution in [1.82, 2.24) is 9.97 Å². The van der Waals surface area contributed by atoms with E-state index in [1.165, 1.54) is 0 Å². The van der Waals surface area contributed by atoms with E-state index in [4.69, 9.17) is 5.73 Å². The van der Waals surface area contributed by atoms with Crippen molar-refractivity contribution >= 4 is 16.7 Å². The molecule has 0 amide bonds. The average Bonchev–Trinajstić information content (AvgIpc) is 2.47. The first-order valence-corrected chi connectivity index (χ1v) is 6.96. The molecule has 1 atom stereocenters. The molecule has 2 N–H and O–H groups in total. The van der Waals surface area contributed by atoms with Crippen LogP contribution >= 0.6 is 0 Å². The fraction of sp³-hybridized carbons (Fsp3) is 0.467. The number of anilines is 1. The van der Waals surface area contributed by atoms with Crippen molar-refractivity contribution in [2.45, 2.75) is 25.8 Å². The van der Waals surface area contributed by atoms with Crippen molar-refractivity contribution in [3.8, 4) is 0 Å². The minimum atomic E-state index is 0.296. The predicted octanol–water partition coefficient (Wildman–Crippen LogP) is 2.19. The summed E-state index contributed by atoms with van der Waals surface area (Å²) in [5, 5.41) is 1.14. The summed E-state index contributed by atoms with van der Waals surface area (Å²) in [5.41, 5.74) is 7.01. The molecule has 0 aliphatic carbocycles. The van der Waals surface area contributed by atoms with Gasteiger partial charge in [0.1, 0.15) is 12.1 Å². The normalized spacial score (nSPS) is 18.7. The van der Waals surface area contributed by atoms with Gasteiger partial charge in [0.2, 0.25) is 0 Å². The van der Waals surface area contributed by atoms with Crippen LogP contribution in [0.15, 0.2) is 30.6 Å². The Morgan fingerprint density at radius 1 is 1.21 bits per heavy atom. The molecule has 2 heterocycles. The maximum Gasteiger partial charge on any atom is 0.139 e. The maximum absolute atomic E-state index is 6.00. The molecule has 0 bridgehead atoms. The molecule has 3 rings (SSSR count). The van der Waals surface area contributed by atoms with E-state index in [0.717, 1.165) is 42.7 Å². The molecule has 1 aliphatic heterocycles. The summed E-state index contributed by atoms with van der Waals surface area (Å²) in [6.07, 6.45) is 3.96. The van der Waals surface area contributed by atoms with E-state index >= 15 is 0 Å². The quantitative estimate of drug-likeness (QED) is 0.895. The highest BCUT2D eigenvalue weighted by atomic mass is 15.2. The van der Waals surface area contributed by atoms with Gasteiger partial charge < -0.3 is 10.6 Å². The second-order valence-electron chi connectivity index (χ2n) is 5.40. The van der Waals surface area contributed by atoms with Crippen molar-refractivity contribution in [2.75, 3.05) is 18.0 Å². The SMILES string of the molecule is CC(N)C1CCN(c2ncnc3ccccc23)CC1. The van der Waals surface area contributed by atoms with E-state index in [2.05, 4.69) is 27.9 Å². The van der Waals surface area contributed by atoms with Crippen molar-refractivity contribution < 1.29 is 0 Å². The molecule has 4 heteroatoms. The van der Waals surface area contributed by atoms with Gasteiger partial charge in [0.15, 0.2) is 0 Å². The lowest BCUT2D eigenvalue weighted by Crippen LogP contribution is -2.40. The van der Waals surface area contributed by atoms with Gasteiger partial charge >= 0.3 is 0 Å². The van der Waals surface area contributed by atoms with E-state index in [0.29, 0.717) is 12.0 Å². The van der Waals surface area contributed by atoms with Crippen LogP contribution in [0, 0.1) is 5.92 Å². The summed E-state index contributed by atoms with van der Waals surface area (Å²) < 4.78 is 0. The zero-order valence-electron chi connectivity index (χ0n) is 11.3. The summed E-state index contributed by atoms with van der Waals surface area (Å²) in [4.78, 5) is 11.2. The molecule has 19 heavy (non-hydrogen) atoms. The van der Waals surface area contributed by atoms with Crippen molar-refractivity contribution in [3.63, 3.8) is 0 Å². The number of piperidine rings is 1. The highest BCUT2D eigenvalue weighted by molar-refractivity contribution is 5.89. The molecule has 1 aromatic heterocycles. The number of benzene rings is 1. The van der Waals surface area contributed by atoms with Crippen LogP contribution in [0.1, 0.15) is 19.8 Å². The van der Waals surface area contributed by atoms with Gasteiger partial charge in [-0.25, -0.2) is 9.97 Å². The van der Waals surface area contributed by atoms with Crippen LogP contribution < -0.4 is 10.6 Å². The second kappa shape index (κ2) is 5.13. The average molecular weight is 256 g/mol. The van der Waals surface area contributed by atoms with E-state index in [9.17, 15) is 0 Å². The summed E-state index contributed by atoms with van der Waals surface area (Å²) in [5.74, 6) is 1.71. The second-order valence-corrected chi connectivity index (χ2v) is 5.40. The summed E-state index contributed by atoms with van der Waals surface area (Å²) in [6.45, 7) is 4.18. The molecule has 4 nitrogen and oxygen atoms in total. The Bertz CT molecular complexity index is 554. The fourth-order valence-corrected chi connectivity index (χ4v) is 2.88. The number of fused-ring (bicyclic) bond motifs is 1. The molecular formula is C15H20N4. The first kappa shape index (κ1) is 12.4. The molecule has 0 saturated carbocycles. The number of nitrogens with zero attached hydrogens (tertiary/aromatic N) is 3. The lowest BCUT2D eigenvalue weighted by atomic mass is 9.91. The lowest BCUT2D eigenvalue weighted by Gasteiger charge is -2.34. The van der Waals surface area contributed by atoms with Crippen LogP contribution in [0.5, 0.6) is 0 Å². The van der Waals surface area contributed by atoms with Crippen LogP contribution in [0.2, 0.25) is 0 Å². The van der Waals surface area contributed by atoms with Crippen molar-refractivity contribution in [3.05, 3.63) is 30.6 Å². The molecule has 0 spiro atoms. The third kappa shape index (κ3) is 2.40. The van der Waals surface area contributed by atoms with Gasteiger partial charge in [-0.1, -0.05) is 12.1 Å². The minimum Gasteiger partial charge on any atom is -0.356 e. The fourth-order valence-electron chi connectivity index (χ4n) is 2.88. The van der Waals surface area contributed by atoms with E-state index in [-0.39, 0.29) is 0 Å². The third-order valence-corrected chi connectivity index (χ3v) is 4.10. The zero-order valence-corrected chi connectivity index (χ0v) is 11.3. The van der Waals surface area contributed by atoms with Crippen molar-refractivity contribution in [1.29, 1.82) is 0 Å². The molecule has 1 aromatic carbocycles. The van der Waals surface area contributed by atoms with Gasteiger partial charge in [0.25, 0.3) is 0 Å². The van der Waals surface area contributed by atoms with Crippen LogP contribution in [-0.4, -0.2) is 29.1 Å². The first-order chi connectivity index (χ1) is 9.25. The summed E-state index contributed by atoms with van der Waals surface area (Å²) >= 11 is 0. The maximum atomic E-state index is 6.00. The van der Waals surface area contributed by atoms with Crippen LogP contribution in [0.25, 0.3) is 10.9 Å². The van der Waals surface area contributed by atoms with Gasteiger partial charge in [-0.15, -0.1) is 0 Å². The third-order valence-electron chi connectivity index (χ3n) is 4.10. The Hall–Kier alpha value is -1.68. The summed E-state index contributed by atoms with van der Waals surface area (Å²) in [7, 11) is 0. The van der Waals surface area contributed by atoms with Gasteiger partial charge in [0, 0.05) is 24.5 Å². The number of nitrogens with two attached hydrogens (primary N) is 1. The van der Waals surface area contributed by atoms with E-state index < -0.39 is 0 Å². The van der Waals surface area contributed by atoms with Gasteiger partial charge in [-0.3, -0.25) is 0 Å². The number of hydrogen-bond donors (Lipinski definition) is 1. The minimum absolute atomic E-state index is 0.296. The molecular weight excluding hydrogens is 236 g/mol. The molecule has 1 aliphatic rings. The molecule has 0 radical (unpaired) electrons. The Morgan fingerprint density at radius 2 is 1.95 bits per heavy atom. The largest absolute Gasteiger partial charge is 0.356 e. The Balaban J connectivity index is 1.86. The van der Waals surface area contributed by atoms with Gasteiger partial charge in [-0.05, 0) is 37.8 Å². The number of para-hydroxylation sites is 1. The smallest absolute Gasteiger partial charge is 0.139 e. The summed E-state index contributed by atoms with van der Waals surface area (Å²) in [6, 6.07) is 8.49. The highest BCUT2D eigenvalue weighted by Crippen LogP contribution is 2.27. The number of rotatable bonds is 2. The standard InChI is InChI=1S/C15H20N4/c1-11(16)12-6-8-19(9-7-12)15-13-4-2-3-5-14(13)17-10-18-15/h2-5,10-12H,6-9,16H2,1H3. The van der Waals surface area contributed by atoms with Crippen LogP contribution in [0.3, 0.4) is 0 Å².